The fourth-order valence-corrected chi connectivity index (χ4v) is 2.47. The molecule has 2 heterocycles. The number of nitrogens with zero attached hydrogens (tertiary/aromatic N) is 2. The Balaban J connectivity index is 2.00. The Morgan fingerprint density at radius 1 is 1.45 bits per heavy atom. The Morgan fingerprint density at radius 3 is 2.75 bits per heavy atom. The van der Waals surface area contributed by atoms with E-state index in [-0.39, 0.29) is 18.0 Å². The molecule has 1 fully saturated rings. The first-order valence-corrected chi connectivity index (χ1v) is 6.61. The number of aromatic nitrogens is 1. The Kier molecular flexibility index (Phi) is 4.55. The van der Waals surface area contributed by atoms with E-state index in [1.807, 2.05) is 6.07 Å². The molecule has 0 aliphatic carbocycles. The molecule has 1 aliphatic rings. The normalized spacial score (nSPS) is 15.9. The van der Waals surface area contributed by atoms with Gasteiger partial charge in [0.15, 0.2) is 0 Å². The minimum atomic E-state index is -0.736. The molecule has 0 radical (unpaired) electrons. The van der Waals surface area contributed by atoms with Gasteiger partial charge in [-0.1, -0.05) is 0 Å². The zero-order chi connectivity index (χ0) is 14.5. The maximum absolute atomic E-state index is 11.5. The highest BCUT2D eigenvalue weighted by Gasteiger charge is 2.22. The van der Waals surface area contributed by atoms with Crippen molar-refractivity contribution in [3.63, 3.8) is 0 Å². The third kappa shape index (κ3) is 3.46. The summed E-state index contributed by atoms with van der Waals surface area (Å²) in [5, 5.41) is 8.80. The number of carboxylic acids is 1. The summed E-state index contributed by atoms with van der Waals surface area (Å²) in [4.78, 5) is 28.3. The first-order chi connectivity index (χ1) is 9.60. The van der Waals surface area contributed by atoms with E-state index in [2.05, 4.69) is 14.6 Å². The van der Waals surface area contributed by atoms with Gasteiger partial charge in [-0.15, -0.1) is 0 Å². The molecule has 0 saturated carbocycles. The van der Waals surface area contributed by atoms with Crippen LogP contribution in [0.2, 0.25) is 0 Å². The Hall–Kier alpha value is -2.11. The van der Waals surface area contributed by atoms with E-state index in [4.69, 9.17) is 5.11 Å². The number of hydrogen-bond acceptors (Lipinski definition) is 5. The van der Waals surface area contributed by atoms with Gasteiger partial charge in [-0.2, -0.15) is 0 Å². The number of carboxylic acid groups (broad SMARTS) is 1. The van der Waals surface area contributed by atoms with E-state index in [1.165, 1.54) is 7.11 Å². The molecule has 0 spiro atoms. The maximum atomic E-state index is 11.5. The van der Waals surface area contributed by atoms with Crippen LogP contribution in [0.5, 0.6) is 0 Å². The topological polar surface area (TPSA) is 79.7 Å². The number of hydrogen-bond donors (Lipinski definition) is 1. The Bertz CT molecular complexity index is 496. The molecule has 0 amide bonds. The second kappa shape index (κ2) is 6.36. The molecule has 6 heteroatoms. The van der Waals surface area contributed by atoms with Crippen LogP contribution in [0.4, 0.5) is 5.69 Å². The smallest absolute Gasteiger partial charge is 0.356 e. The lowest BCUT2D eigenvalue weighted by Crippen LogP contribution is -2.34. The van der Waals surface area contributed by atoms with Crippen molar-refractivity contribution in [2.45, 2.75) is 19.3 Å². The van der Waals surface area contributed by atoms with Crippen molar-refractivity contribution >= 4 is 17.6 Å². The highest BCUT2D eigenvalue weighted by atomic mass is 16.5. The predicted octanol–water partition coefficient (Wildman–Crippen LogP) is 1.56. The maximum Gasteiger partial charge on any atom is 0.356 e. The average molecular weight is 278 g/mol. The summed E-state index contributed by atoms with van der Waals surface area (Å²) in [6.45, 7) is 1.59. The highest BCUT2D eigenvalue weighted by molar-refractivity contribution is 5.88. The number of piperidine rings is 1. The zero-order valence-electron chi connectivity index (χ0n) is 11.4. The van der Waals surface area contributed by atoms with E-state index in [0.717, 1.165) is 31.6 Å². The van der Waals surface area contributed by atoms with Gasteiger partial charge in [-0.3, -0.25) is 4.79 Å². The number of aliphatic carboxylic acids is 1. The van der Waals surface area contributed by atoms with Crippen LogP contribution in [0.1, 0.15) is 29.8 Å². The number of carbonyl (C=O) groups is 2. The molecule has 0 atom stereocenters. The van der Waals surface area contributed by atoms with Gasteiger partial charge >= 0.3 is 11.9 Å². The molecular formula is C14H18N2O4. The number of methoxy groups -OCH3 is 1. The summed E-state index contributed by atoms with van der Waals surface area (Å²) < 4.78 is 4.65. The first kappa shape index (κ1) is 14.3. The molecule has 20 heavy (non-hydrogen) atoms. The summed E-state index contributed by atoms with van der Waals surface area (Å²) in [6, 6.07) is 3.56. The molecule has 1 N–H and O–H groups in total. The Morgan fingerprint density at radius 2 is 2.15 bits per heavy atom. The molecule has 0 unspecified atom stereocenters. The molecule has 1 saturated heterocycles. The van der Waals surface area contributed by atoms with Crippen LogP contribution in [0, 0.1) is 5.92 Å². The third-order valence-corrected chi connectivity index (χ3v) is 3.58. The summed E-state index contributed by atoms with van der Waals surface area (Å²) in [5.41, 5.74) is 1.21. The van der Waals surface area contributed by atoms with Crippen LogP contribution in [-0.4, -0.2) is 42.2 Å². The van der Waals surface area contributed by atoms with Gasteiger partial charge in [0.05, 0.1) is 7.11 Å². The predicted molar refractivity (Wildman–Crippen MR) is 72.8 cm³/mol. The monoisotopic (exact) mass is 278 g/mol. The lowest BCUT2D eigenvalue weighted by molar-refractivity contribution is -0.138. The van der Waals surface area contributed by atoms with Crippen LogP contribution in [0.3, 0.4) is 0 Å². The van der Waals surface area contributed by atoms with Gasteiger partial charge in [-0.05, 0) is 30.9 Å². The molecule has 108 valence electrons. The van der Waals surface area contributed by atoms with Gasteiger partial charge in [0, 0.05) is 31.4 Å². The minimum absolute atomic E-state index is 0.234. The van der Waals surface area contributed by atoms with Gasteiger partial charge in [0.25, 0.3) is 0 Å². The third-order valence-electron chi connectivity index (χ3n) is 3.58. The number of ether oxygens (including phenoxy) is 1. The number of anilines is 1. The molecule has 0 bridgehead atoms. The molecule has 0 aromatic carbocycles. The van der Waals surface area contributed by atoms with E-state index in [0.29, 0.717) is 0 Å². The highest BCUT2D eigenvalue weighted by Crippen LogP contribution is 2.25. The molecule has 1 aliphatic heterocycles. The number of pyridine rings is 1. The summed E-state index contributed by atoms with van der Waals surface area (Å²) >= 11 is 0. The average Bonchev–Trinajstić information content (AvgIpc) is 2.47. The molecular weight excluding hydrogens is 260 g/mol. The van der Waals surface area contributed by atoms with Crippen molar-refractivity contribution in [1.82, 2.24) is 4.98 Å². The van der Waals surface area contributed by atoms with Crippen molar-refractivity contribution in [3.8, 4) is 0 Å². The Labute approximate surface area is 117 Å². The minimum Gasteiger partial charge on any atom is -0.481 e. The second-order valence-electron chi connectivity index (χ2n) is 4.92. The SMILES string of the molecule is COC(=O)c1cc(N2CCC(CC(=O)O)CC2)ccn1. The van der Waals surface area contributed by atoms with Crippen molar-refractivity contribution in [2.75, 3.05) is 25.1 Å². The largest absolute Gasteiger partial charge is 0.481 e. The molecule has 2 rings (SSSR count). The lowest BCUT2D eigenvalue weighted by Gasteiger charge is -2.33. The quantitative estimate of drug-likeness (QED) is 0.842. The van der Waals surface area contributed by atoms with Crippen LogP contribution in [0.15, 0.2) is 18.3 Å². The van der Waals surface area contributed by atoms with Crippen LogP contribution in [0.25, 0.3) is 0 Å². The molecule has 1 aromatic heterocycles. The molecule has 1 aromatic rings. The fraction of sp³-hybridized carbons (Fsp3) is 0.500. The molecule has 6 nitrogen and oxygen atoms in total. The van der Waals surface area contributed by atoms with Crippen molar-refractivity contribution in [2.24, 2.45) is 5.92 Å². The van der Waals surface area contributed by atoms with Crippen molar-refractivity contribution < 1.29 is 19.4 Å². The van der Waals surface area contributed by atoms with E-state index in [1.54, 1.807) is 12.3 Å². The number of carbonyl (C=O) groups excluding carboxylic acids is 1. The first-order valence-electron chi connectivity index (χ1n) is 6.61. The lowest BCUT2D eigenvalue weighted by atomic mass is 9.93. The van der Waals surface area contributed by atoms with Gasteiger partial charge in [0.1, 0.15) is 5.69 Å². The fourth-order valence-electron chi connectivity index (χ4n) is 2.47. The second-order valence-corrected chi connectivity index (χ2v) is 4.92. The van der Waals surface area contributed by atoms with E-state index >= 15 is 0 Å². The van der Waals surface area contributed by atoms with Gasteiger partial charge in [-0.25, -0.2) is 9.78 Å². The number of rotatable bonds is 4. The zero-order valence-corrected chi connectivity index (χ0v) is 11.4. The van der Waals surface area contributed by atoms with Crippen LogP contribution < -0.4 is 4.90 Å². The van der Waals surface area contributed by atoms with Crippen LogP contribution >= 0.6 is 0 Å². The summed E-state index contributed by atoms with van der Waals surface area (Å²) in [5.74, 6) is -0.946. The van der Waals surface area contributed by atoms with Crippen molar-refractivity contribution in [3.05, 3.63) is 24.0 Å². The standard InChI is InChI=1S/C14H18N2O4/c1-20-14(19)12-9-11(2-5-15-12)16-6-3-10(4-7-16)8-13(17)18/h2,5,9-10H,3-4,6-8H2,1H3,(H,17,18). The van der Waals surface area contributed by atoms with Crippen molar-refractivity contribution in [1.29, 1.82) is 0 Å². The van der Waals surface area contributed by atoms with Gasteiger partial charge in [0.2, 0.25) is 0 Å². The van der Waals surface area contributed by atoms with Crippen LogP contribution in [-0.2, 0) is 9.53 Å². The summed E-state index contributed by atoms with van der Waals surface area (Å²) in [6.07, 6.45) is 3.52. The van der Waals surface area contributed by atoms with E-state index in [9.17, 15) is 9.59 Å². The van der Waals surface area contributed by atoms with E-state index < -0.39 is 11.9 Å². The summed E-state index contributed by atoms with van der Waals surface area (Å²) in [7, 11) is 1.33. The number of esters is 1. The van der Waals surface area contributed by atoms with Gasteiger partial charge < -0.3 is 14.7 Å².